The molecule has 64 valence electrons. The van der Waals surface area contributed by atoms with Crippen molar-refractivity contribution in [2.75, 3.05) is 0 Å². The highest BCUT2D eigenvalue weighted by atomic mass is 16.1. The number of Topliss-reactive ketones (excluding diaryl/α,β-unsaturated/α-hetero) is 1. The summed E-state index contributed by atoms with van der Waals surface area (Å²) in [5.74, 6) is 0.674. The molecule has 0 bridgehead atoms. The van der Waals surface area contributed by atoms with Crippen LogP contribution in [0.15, 0.2) is 12.4 Å². The Hall–Kier alpha value is -1.12. The molecule has 1 aromatic heterocycles. The maximum Gasteiger partial charge on any atom is 0.157 e. The lowest BCUT2D eigenvalue weighted by molar-refractivity contribution is -0.120. The van der Waals surface area contributed by atoms with Crippen LogP contribution in [0.1, 0.15) is 18.4 Å². The molecule has 1 aliphatic carbocycles. The van der Waals surface area contributed by atoms with E-state index in [4.69, 9.17) is 0 Å². The van der Waals surface area contributed by atoms with Crippen molar-refractivity contribution >= 4 is 5.78 Å². The van der Waals surface area contributed by atoms with Gasteiger partial charge in [-0.25, -0.2) is 0 Å². The van der Waals surface area contributed by atoms with Crippen molar-refractivity contribution in [2.45, 2.75) is 26.3 Å². The summed E-state index contributed by atoms with van der Waals surface area (Å²) in [6.07, 6.45) is 5.85. The molecule has 1 aromatic rings. The standard InChI is InChI=1S/C9H12N2O/c1-7-4-10-11(5-7)6-9(12)8-2-3-8/h4-5,8H,2-3,6H2,1H3. The van der Waals surface area contributed by atoms with Gasteiger partial charge in [-0.1, -0.05) is 0 Å². The average Bonchev–Trinajstić information content (AvgIpc) is 2.78. The molecule has 3 heteroatoms. The number of aryl methyl sites for hydroxylation is 1. The van der Waals surface area contributed by atoms with Crippen molar-refractivity contribution < 1.29 is 4.79 Å². The van der Waals surface area contributed by atoms with E-state index in [1.165, 1.54) is 0 Å². The van der Waals surface area contributed by atoms with Crippen LogP contribution in [-0.4, -0.2) is 15.6 Å². The average molecular weight is 164 g/mol. The van der Waals surface area contributed by atoms with E-state index in [-0.39, 0.29) is 0 Å². The maximum atomic E-state index is 11.3. The Morgan fingerprint density at radius 2 is 2.50 bits per heavy atom. The summed E-state index contributed by atoms with van der Waals surface area (Å²) in [6, 6.07) is 0. The third-order valence-electron chi connectivity index (χ3n) is 2.11. The summed E-state index contributed by atoms with van der Waals surface area (Å²) in [7, 11) is 0. The van der Waals surface area contributed by atoms with Crippen LogP contribution in [-0.2, 0) is 11.3 Å². The molecule has 0 N–H and O–H groups in total. The molecular formula is C9H12N2O. The van der Waals surface area contributed by atoms with Crippen molar-refractivity contribution in [3.8, 4) is 0 Å². The Balaban J connectivity index is 1.98. The molecule has 0 amide bonds. The van der Waals surface area contributed by atoms with Crippen LogP contribution in [0.5, 0.6) is 0 Å². The van der Waals surface area contributed by atoms with E-state index in [0.29, 0.717) is 18.2 Å². The van der Waals surface area contributed by atoms with Crippen LogP contribution in [0, 0.1) is 12.8 Å². The zero-order valence-electron chi connectivity index (χ0n) is 7.16. The monoisotopic (exact) mass is 164 g/mol. The molecular weight excluding hydrogens is 152 g/mol. The number of aromatic nitrogens is 2. The predicted molar refractivity (Wildman–Crippen MR) is 44.7 cm³/mol. The lowest BCUT2D eigenvalue weighted by atomic mass is 10.3. The van der Waals surface area contributed by atoms with Crippen molar-refractivity contribution in [3.63, 3.8) is 0 Å². The molecule has 0 saturated heterocycles. The van der Waals surface area contributed by atoms with Gasteiger partial charge in [-0.2, -0.15) is 5.10 Å². The lowest BCUT2D eigenvalue weighted by Gasteiger charge is -1.97. The number of carbonyl (C=O) groups excluding carboxylic acids is 1. The first-order valence-corrected chi connectivity index (χ1v) is 4.27. The number of nitrogens with zero attached hydrogens (tertiary/aromatic N) is 2. The first kappa shape index (κ1) is 7.53. The molecule has 0 radical (unpaired) electrons. The van der Waals surface area contributed by atoms with Gasteiger partial charge in [0.15, 0.2) is 5.78 Å². The van der Waals surface area contributed by atoms with E-state index in [1.807, 2.05) is 13.1 Å². The quantitative estimate of drug-likeness (QED) is 0.672. The number of hydrogen-bond donors (Lipinski definition) is 0. The van der Waals surface area contributed by atoms with E-state index in [2.05, 4.69) is 5.10 Å². The molecule has 0 aromatic carbocycles. The second-order valence-corrected chi connectivity index (χ2v) is 3.46. The first-order chi connectivity index (χ1) is 5.75. The van der Waals surface area contributed by atoms with Gasteiger partial charge in [0.25, 0.3) is 0 Å². The molecule has 1 aliphatic rings. The molecule has 0 spiro atoms. The highest BCUT2D eigenvalue weighted by Crippen LogP contribution is 2.30. The van der Waals surface area contributed by atoms with Crippen LogP contribution in [0.4, 0.5) is 0 Å². The van der Waals surface area contributed by atoms with E-state index >= 15 is 0 Å². The van der Waals surface area contributed by atoms with E-state index in [9.17, 15) is 4.79 Å². The molecule has 0 aliphatic heterocycles. The van der Waals surface area contributed by atoms with Crippen LogP contribution in [0.2, 0.25) is 0 Å². The van der Waals surface area contributed by atoms with Crippen molar-refractivity contribution in [1.82, 2.24) is 9.78 Å². The van der Waals surface area contributed by atoms with E-state index < -0.39 is 0 Å². The van der Waals surface area contributed by atoms with Crippen molar-refractivity contribution in [1.29, 1.82) is 0 Å². The Morgan fingerprint density at radius 1 is 1.75 bits per heavy atom. The van der Waals surface area contributed by atoms with Gasteiger partial charge in [-0.15, -0.1) is 0 Å². The summed E-state index contributed by atoms with van der Waals surface area (Å²) in [5.41, 5.74) is 1.11. The summed E-state index contributed by atoms with van der Waals surface area (Å²) in [5, 5.41) is 4.06. The fourth-order valence-electron chi connectivity index (χ4n) is 1.25. The van der Waals surface area contributed by atoms with Crippen LogP contribution in [0.3, 0.4) is 0 Å². The highest BCUT2D eigenvalue weighted by molar-refractivity contribution is 5.82. The van der Waals surface area contributed by atoms with E-state index in [0.717, 1.165) is 18.4 Å². The molecule has 1 saturated carbocycles. The van der Waals surface area contributed by atoms with Crippen LogP contribution < -0.4 is 0 Å². The molecule has 12 heavy (non-hydrogen) atoms. The van der Waals surface area contributed by atoms with Crippen LogP contribution >= 0.6 is 0 Å². The summed E-state index contributed by atoms with van der Waals surface area (Å²) in [6.45, 7) is 2.43. The summed E-state index contributed by atoms with van der Waals surface area (Å²) in [4.78, 5) is 11.3. The zero-order chi connectivity index (χ0) is 8.55. The SMILES string of the molecule is Cc1cnn(CC(=O)C2CC2)c1. The molecule has 3 nitrogen and oxygen atoms in total. The molecule has 0 unspecified atom stereocenters. The normalized spacial score (nSPS) is 16.4. The lowest BCUT2D eigenvalue weighted by Crippen LogP contribution is -2.11. The molecule has 1 fully saturated rings. The summed E-state index contributed by atoms with van der Waals surface area (Å²) < 4.78 is 1.72. The van der Waals surface area contributed by atoms with Gasteiger partial charge in [-0.3, -0.25) is 9.48 Å². The van der Waals surface area contributed by atoms with E-state index in [1.54, 1.807) is 10.9 Å². The first-order valence-electron chi connectivity index (χ1n) is 4.27. The van der Waals surface area contributed by atoms with Gasteiger partial charge >= 0.3 is 0 Å². The van der Waals surface area contributed by atoms with Gasteiger partial charge in [0, 0.05) is 12.1 Å². The minimum atomic E-state index is 0.332. The number of ketones is 1. The third-order valence-corrected chi connectivity index (χ3v) is 2.11. The fraction of sp³-hybridized carbons (Fsp3) is 0.556. The maximum absolute atomic E-state index is 11.3. The topological polar surface area (TPSA) is 34.9 Å². The minimum Gasteiger partial charge on any atom is -0.297 e. The largest absolute Gasteiger partial charge is 0.297 e. The highest BCUT2D eigenvalue weighted by Gasteiger charge is 2.29. The molecule has 1 heterocycles. The van der Waals surface area contributed by atoms with Crippen molar-refractivity contribution in [2.24, 2.45) is 5.92 Å². The Bertz CT molecular complexity index is 299. The smallest absolute Gasteiger partial charge is 0.157 e. The fourth-order valence-corrected chi connectivity index (χ4v) is 1.25. The minimum absolute atomic E-state index is 0.332. The van der Waals surface area contributed by atoms with Gasteiger partial charge in [-0.05, 0) is 25.3 Å². The van der Waals surface area contributed by atoms with Crippen molar-refractivity contribution in [3.05, 3.63) is 18.0 Å². The van der Waals surface area contributed by atoms with Gasteiger partial charge < -0.3 is 0 Å². The second kappa shape index (κ2) is 2.73. The van der Waals surface area contributed by atoms with Gasteiger partial charge in [0.2, 0.25) is 0 Å². The Morgan fingerprint density at radius 3 is 3.00 bits per heavy atom. The Kier molecular flexibility index (Phi) is 1.71. The van der Waals surface area contributed by atoms with Crippen LogP contribution in [0.25, 0.3) is 0 Å². The number of rotatable bonds is 3. The predicted octanol–water partition coefficient (Wildman–Crippen LogP) is 1.17. The van der Waals surface area contributed by atoms with Gasteiger partial charge in [0.1, 0.15) is 0 Å². The number of hydrogen-bond acceptors (Lipinski definition) is 2. The molecule has 0 atom stereocenters. The summed E-state index contributed by atoms with van der Waals surface area (Å²) >= 11 is 0. The zero-order valence-corrected chi connectivity index (χ0v) is 7.16. The third kappa shape index (κ3) is 1.55. The van der Waals surface area contributed by atoms with Gasteiger partial charge in [0.05, 0.1) is 12.7 Å². The second-order valence-electron chi connectivity index (χ2n) is 3.46. The number of carbonyl (C=O) groups is 1. The molecule has 2 rings (SSSR count). The Labute approximate surface area is 71.4 Å².